The predicted octanol–water partition coefficient (Wildman–Crippen LogP) is 7.50. The second-order valence-electron chi connectivity index (χ2n) is 10.6. The predicted molar refractivity (Wildman–Crippen MR) is 143 cm³/mol. The van der Waals surface area contributed by atoms with Gasteiger partial charge in [0, 0.05) is 43.0 Å². The van der Waals surface area contributed by atoms with Gasteiger partial charge < -0.3 is 4.40 Å². The highest BCUT2D eigenvalue weighted by Crippen LogP contribution is 2.67. The Hall–Kier alpha value is -1.00. The van der Waals surface area contributed by atoms with Crippen LogP contribution in [0.5, 0.6) is 0 Å². The minimum Gasteiger partial charge on any atom is -0.314 e. The largest absolute Gasteiger partial charge is 0.314 e. The second-order valence-corrected chi connectivity index (χ2v) is 14.7. The molecule has 0 aromatic carbocycles. The number of rotatable bonds is 3. The van der Waals surface area contributed by atoms with Crippen molar-refractivity contribution in [1.82, 2.24) is 13.7 Å². The standard InChI is InChI=1S/C26H41N4PS/c1-22-21-23-15-9-14-20-30(23)24(22)25(32)27-31(26(2,3)4,28-16-10-5-6-11-17-28)29-18-12-7-8-13-19-29/h9,14-15,20-21H,5-8,10-13,16-19H2,1-4H3. The van der Waals surface area contributed by atoms with E-state index in [4.69, 9.17) is 17.0 Å². The van der Waals surface area contributed by atoms with E-state index in [9.17, 15) is 0 Å². The normalized spacial score (nSPS) is 20.1. The number of aryl methyl sites for hydroxylation is 1. The molecule has 32 heavy (non-hydrogen) atoms. The van der Waals surface area contributed by atoms with Crippen LogP contribution in [0.15, 0.2) is 35.2 Å². The van der Waals surface area contributed by atoms with Crippen molar-refractivity contribution in [1.29, 1.82) is 0 Å². The lowest BCUT2D eigenvalue weighted by Gasteiger charge is -2.51. The van der Waals surface area contributed by atoms with Crippen molar-refractivity contribution in [3.8, 4) is 0 Å². The van der Waals surface area contributed by atoms with E-state index >= 15 is 0 Å². The van der Waals surface area contributed by atoms with Crippen LogP contribution >= 0.6 is 19.6 Å². The molecule has 0 aliphatic carbocycles. The molecule has 0 bridgehead atoms. The molecule has 0 saturated carbocycles. The number of pyridine rings is 1. The Balaban J connectivity index is 1.91. The molecule has 2 fully saturated rings. The van der Waals surface area contributed by atoms with E-state index in [-0.39, 0.29) is 5.16 Å². The van der Waals surface area contributed by atoms with Gasteiger partial charge in [-0.15, -0.1) is 0 Å². The average molecular weight is 473 g/mol. The lowest BCUT2D eigenvalue weighted by Crippen LogP contribution is -2.42. The summed E-state index contributed by atoms with van der Waals surface area (Å²) >= 11 is 6.20. The van der Waals surface area contributed by atoms with Gasteiger partial charge in [0.1, 0.15) is 7.36 Å². The molecule has 0 amide bonds. The summed E-state index contributed by atoms with van der Waals surface area (Å²) in [6.07, 6.45) is 12.6. The summed E-state index contributed by atoms with van der Waals surface area (Å²) in [4.78, 5) is 0.797. The Bertz CT molecular complexity index is 963. The zero-order valence-corrected chi connectivity index (χ0v) is 22.2. The molecular formula is C26H41N4PS. The SMILES string of the molecule is Cc1cc2ccccn2c1C(=S)N=P(N1CCCCCC1)(N1CCCCCC1)C(C)(C)C. The van der Waals surface area contributed by atoms with Gasteiger partial charge in [0.25, 0.3) is 0 Å². The van der Waals surface area contributed by atoms with Crippen molar-refractivity contribution in [3.63, 3.8) is 0 Å². The summed E-state index contributed by atoms with van der Waals surface area (Å²) in [5.41, 5.74) is 3.53. The van der Waals surface area contributed by atoms with Crippen LogP contribution in [0, 0.1) is 6.92 Å². The quantitative estimate of drug-likeness (QED) is 0.341. The van der Waals surface area contributed by atoms with E-state index in [2.05, 4.69) is 71.9 Å². The van der Waals surface area contributed by atoms with Gasteiger partial charge in [-0.2, -0.15) is 0 Å². The monoisotopic (exact) mass is 472 g/mol. The van der Waals surface area contributed by atoms with E-state index in [1.54, 1.807) is 0 Å². The molecule has 2 aliphatic rings. The molecule has 4 nitrogen and oxygen atoms in total. The first-order chi connectivity index (χ1) is 15.3. The first kappa shape index (κ1) is 24.1. The molecule has 2 saturated heterocycles. The number of nitrogens with zero attached hydrogens (tertiary/aromatic N) is 4. The Morgan fingerprint density at radius 3 is 1.91 bits per heavy atom. The van der Waals surface area contributed by atoms with Crippen molar-refractivity contribution in [2.75, 3.05) is 26.2 Å². The zero-order chi connectivity index (χ0) is 22.8. The van der Waals surface area contributed by atoms with Crippen LogP contribution in [0.1, 0.15) is 83.4 Å². The van der Waals surface area contributed by atoms with E-state index in [1.165, 1.54) is 62.4 Å². The fourth-order valence-corrected chi connectivity index (χ4v) is 10.9. The fourth-order valence-electron chi connectivity index (χ4n) is 5.67. The maximum absolute atomic E-state index is 6.20. The first-order valence-electron chi connectivity index (χ1n) is 12.6. The van der Waals surface area contributed by atoms with Crippen LogP contribution in [-0.4, -0.2) is 50.1 Å². The molecule has 2 aromatic rings. The van der Waals surface area contributed by atoms with Crippen LogP contribution in [0.3, 0.4) is 0 Å². The summed E-state index contributed by atoms with van der Waals surface area (Å²) in [7, 11) is -2.04. The third-order valence-corrected chi connectivity index (χ3v) is 12.2. The van der Waals surface area contributed by atoms with E-state index in [1.807, 2.05) is 0 Å². The topological polar surface area (TPSA) is 23.2 Å². The number of aromatic nitrogens is 1. The van der Waals surface area contributed by atoms with Crippen molar-refractivity contribution in [3.05, 3.63) is 41.7 Å². The number of fused-ring (bicyclic) bond motifs is 1. The molecular weight excluding hydrogens is 431 g/mol. The van der Waals surface area contributed by atoms with Crippen molar-refractivity contribution >= 4 is 30.1 Å². The van der Waals surface area contributed by atoms with Crippen LogP contribution in [-0.2, 0) is 0 Å². The van der Waals surface area contributed by atoms with Gasteiger partial charge in [0.15, 0.2) is 4.99 Å². The van der Waals surface area contributed by atoms with Crippen LogP contribution in [0.25, 0.3) is 5.52 Å². The van der Waals surface area contributed by atoms with Crippen LogP contribution in [0.2, 0.25) is 0 Å². The van der Waals surface area contributed by atoms with Gasteiger partial charge in [-0.3, -0.25) is 9.34 Å². The molecule has 4 rings (SSSR count). The van der Waals surface area contributed by atoms with Gasteiger partial charge >= 0.3 is 0 Å². The third kappa shape index (κ3) is 4.64. The van der Waals surface area contributed by atoms with Crippen molar-refractivity contribution in [2.45, 2.75) is 84.2 Å². The highest BCUT2D eigenvalue weighted by molar-refractivity contribution is 7.81. The number of hydrogen-bond donors (Lipinski definition) is 0. The number of thiocarbonyl (C=S) groups is 1. The summed E-state index contributed by atoms with van der Waals surface area (Å²) < 4.78 is 13.6. The lowest BCUT2D eigenvalue weighted by molar-refractivity contribution is 0.368. The molecule has 176 valence electrons. The highest BCUT2D eigenvalue weighted by Gasteiger charge is 2.44. The maximum atomic E-state index is 6.20. The lowest BCUT2D eigenvalue weighted by atomic mass is 10.2. The molecule has 2 aliphatic heterocycles. The zero-order valence-electron chi connectivity index (χ0n) is 20.5. The summed E-state index contributed by atoms with van der Waals surface area (Å²) in [6.45, 7) is 14.1. The Labute approximate surface area is 200 Å². The molecule has 0 N–H and O–H groups in total. The molecule has 4 heterocycles. The van der Waals surface area contributed by atoms with E-state index < -0.39 is 7.36 Å². The molecule has 0 atom stereocenters. The van der Waals surface area contributed by atoms with Gasteiger partial charge in [-0.05, 0) is 56.4 Å². The van der Waals surface area contributed by atoms with Gasteiger partial charge in [0.2, 0.25) is 0 Å². The smallest absolute Gasteiger partial charge is 0.151 e. The van der Waals surface area contributed by atoms with E-state index in [0.717, 1.165) is 36.9 Å². The summed E-state index contributed by atoms with van der Waals surface area (Å²) in [5, 5.41) is 0.0483. The van der Waals surface area contributed by atoms with Gasteiger partial charge in [0.05, 0.1) is 5.69 Å². The van der Waals surface area contributed by atoms with Crippen molar-refractivity contribution in [2.24, 2.45) is 4.74 Å². The molecule has 2 aromatic heterocycles. The molecule has 6 heteroatoms. The summed E-state index contributed by atoms with van der Waals surface area (Å²) in [5.74, 6) is 0. The molecule has 0 spiro atoms. The Morgan fingerprint density at radius 1 is 0.875 bits per heavy atom. The van der Waals surface area contributed by atoms with E-state index in [0.29, 0.717) is 0 Å². The highest BCUT2D eigenvalue weighted by atomic mass is 32.1. The Morgan fingerprint density at radius 2 is 1.41 bits per heavy atom. The Kier molecular flexibility index (Phi) is 7.61. The second kappa shape index (κ2) is 10.1. The first-order valence-corrected chi connectivity index (χ1v) is 14.6. The minimum absolute atomic E-state index is 0.0483. The summed E-state index contributed by atoms with van der Waals surface area (Å²) in [6, 6.07) is 8.59. The molecule has 0 radical (unpaired) electrons. The van der Waals surface area contributed by atoms with Crippen LogP contribution < -0.4 is 0 Å². The van der Waals surface area contributed by atoms with Gasteiger partial charge in [-0.25, -0.2) is 4.74 Å². The van der Waals surface area contributed by atoms with Crippen molar-refractivity contribution < 1.29 is 0 Å². The fraction of sp³-hybridized carbons (Fsp3) is 0.654. The average Bonchev–Trinajstić information content (AvgIpc) is 3.00. The number of hydrogen-bond acceptors (Lipinski definition) is 1. The molecule has 0 unspecified atom stereocenters. The third-order valence-electron chi connectivity index (χ3n) is 7.16. The van der Waals surface area contributed by atoms with Crippen LogP contribution in [0.4, 0.5) is 0 Å². The van der Waals surface area contributed by atoms with Gasteiger partial charge in [-0.1, -0.05) is 64.7 Å². The minimum atomic E-state index is -2.04. The maximum Gasteiger partial charge on any atom is 0.151 e.